The summed E-state index contributed by atoms with van der Waals surface area (Å²) in [5, 5.41) is 24.4. The van der Waals surface area contributed by atoms with Gasteiger partial charge in [-0.25, -0.2) is 0 Å². The zero-order valence-corrected chi connectivity index (χ0v) is 18.5. The molecule has 3 unspecified atom stereocenters. The van der Waals surface area contributed by atoms with Crippen molar-refractivity contribution < 1.29 is 14.9 Å². The first kappa shape index (κ1) is 23.1. The number of amidine groups is 1. The largest absolute Gasteiger partial charge is 0.486 e. The Labute approximate surface area is 184 Å². The van der Waals surface area contributed by atoms with Crippen LogP contribution in [0, 0.1) is 5.92 Å². The quantitative estimate of drug-likeness (QED) is 0.260. The monoisotopic (exact) mass is 425 g/mol. The summed E-state index contributed by atoms with van der Waals surface area (Å²) in [5.74, 6) is 6.52. The molecule has 4 atom stereocenters. The standard InChI is InChI=1S/C19H29N3O3.C6H6/c1-3-19-11-18(2,24)16(23)9-13(19)5-4-12-8-14(6-7-15(12)19)25-10-17(20)22-21;1-2-4-6-5-3-1/h6-8,13,16,23-24H,3-5,9-11,21H2,1-2H3,(H2,20,22);1-6H/t13?,16?,18-,19?;/m1./s1. The van der Waals surface area contributed by atoms with Crippen LogP contribution in [-0.2, 0) is 11.8 Å². The average Bonchev–Trinajstić information content (AvgIpc) is 2.79. The molecule has 2 aromatic carbocycles. The van der Waals surface area contributed by atoms with Crippen molar-refractivity contribution in [1.29, 1.82) is 0 Å². The maximum absolute atomic E-state index is 10.7. The highest BCUT2D eigenvalue weighted by molar-refractivity contribution is 5.81. The van der Waals surface area contributed by atoms with Gasteiger partial charge in [-0.1, -0.05) is 49.4 Å². The van der Waals surface area contributed by atoms with Crippen molar-refractivity contribution >= 4 is 5.84 Å². The van der Waals surface area contributed by atoms with Crippen molar-refractivity contribution in [2.75, 3.05) is 6.61 Å². The molecule has 6 nitrogen and oxygen atoms in total. The van der Waals surface area contributed by atoms with Crippen LogP contribution in [-0.4, -0.2) is 34.4 Å². The van der Waals surface area contributed by atoms with E-state index >= 15 is 0 Å². The number of hydrogen-bond donors (Lipinski definition) is 4. The molecule has 2 aliphatic rings. The fourth-order valence-electron chi connectivity index (χ4n) is 5.22. The molecule has 1 fully saturated rings. The Bertz CT molecular complexity index is 858. The van der Waals surface area contributed by atoms with Gasteiger partial charge >= 0.3 is 0 Å². The lowest BCUT2D eigenvalue weighted by Gasteiger charge is -2.54. The molecule has 2 aromatic rings. The normalized spacial score (nSPS) is 29.7. The highest BCUT2D eigenvalue weighted by Gasteiger charge is 2.53. The Morgan fingerprint density at radius 3 is 2.42 bits per heavy atom. The number of hydrogen-bond acceptors (Lipinski definition) is 5. The van der Waals surface area contributed by atoms with Crippen LogP contribution < -0.4 is 16.3 Å². The van der Waals surface area contributed by atoms with E-state index in [9.17, 15) is 10.2 Å². The Morgan fingerprint density at radius 1 is 1.19 bits per heavy atom. The third-order valence-electron chi connectivity index (χ3n) is 6.91. The molecule has 6 N–H and O–H groups in total. The molecule has 0 spiro atoms. The molecule has 0 saturated heterocycles. The van der Waals surface area contributed by atoms with E-state index in [1.807, 2.05) is 42.5 Å². The Morgan fingerprint density at radius 2 is 1.84 bits per heavy atom. The molecule has 1 saturated carbocycles. The Balaban J connectivity index is 0.000000391. The van der Waals surface area contributed by atoms with Gasteiger partial charge in [-0.05, 0) is 68.2 Å². The van der Waals surface area contributed by atoms with Crippen LogP contribution in [0.1, 0.15) is 50.7 Å². The minimum Gasteiger partial charge on any atom is -0.486 e. The van der Waals surface area contributed by atoms with Crippen molar-refractivity contribution in [3.8, 4) is 5.75 Å². The maximum Gasteiger partial charge on any atom is 0.157 e. The number of nitrogens with zero attached hydrogens (tertiary/aromatic N) is 1. The summed E-state index contributed by atoms with van der Waals surface area (Å²) in [4.78, 5) is 0. The zero-order chi connectivity index (χ0) is 22.5. The Hall–Kier alpha value is -2.57. The van der Waals surface area contributed by atoms with E-state index in [4.69, 9.17) is 16.3 Å². The van der Waals surface area contributed by atoms with E-state index < -0.39 is 11.7 Å². The fraction of sp³-hybridized carbons (Fsp3) is 0.480. The third-order valence-corrected chi connectivity index (χ3v) is 6.91. The summed E-state index contributed by atoms with van der Waals surface area (Å²) in [6, 6.07) is 18.1. The van der Waals surface area contributed by atoms with Crippen molar-refractivity contribution in [2.45, 2.75) is 63.1 Å². The van der Waals surface area contributed by atoms with E-state index in [0.29, 0.717) is 18.8 Å². The third kappa shape index (κ3) is 5.02. The topological polar surface area (TPSA) is 114 Å². The van der Waals surface area contributed by atoms with Crippen molar-refractivity contribution in [3.05, 3.63) is 65.7 Å². The molecule has 6 heteroatoms. The molecule has 0 aromatic heterocycles. The lowest BCUT2D eigenvalue weighted by Crippen LogP contribution is -2.56. The summed E-state index contributed by atoms with van der Waals surface area (Å²) in [6.45, 7) is 4.10. The number of nitrogens with two attached hydrogens (primary N) is 2. The van der Waals surface area contributed by atoms with Gasteiger partial charge in [0.15, 0.2) is 5.84 Å². The number of rotatable bonds is 4. The van der Waals surface area contributed by atoms with Gasteiger partial charge in [-0.15, -0.1) is 0 Å². The highest BCUT2D eigenvalue weighted by Crippen LogP contribution is 2.54. The molecule has 168 valence electrons. The number of hydrazone groups is 1. The second-order valence-electron chi connectivity index (χ2n) is 8.91. The van der Waals surface area contributed by atoms with Crippen LogP contribution in [0.5, 0.6) is 5.75 Å². The summed E-state index contributed by atoms with van der Waals surface area (Å²) >= 11 is 0. The molecule has 0 amide bonds. The van der Waals surface area contributed by atoms with E-state index in [1.165, 1.54) is 11.1 Å². The molecule has 4 rings (SSSR count). The van der Waals surface area contributed by atoms with Crippen LogP contribution in [0.15, 0.2) is 59.7 Å². The average molecular weight is 426 g/mol. The molecule has 0 bridgehead atoms. The zero-order valence-electron chi connectivity index (χ0n) is 18.5. The van der Waals surface area contributed by atoms with Crippen LogP contribution in [0.3, 0.4) is 0 Å². The fourth-order valence-corrected chi connectivity index (χ4v) is 5.22. The van der Waals surface area contributed by atoms with Gasteiger partial charge in [0, 0.05) is 5.41 Å². The number of benzene rings is 2. The van der Waals surface area contributed by atoms with E-state index in [1.54, 1.807) is 6.92 Å². The van der Waals surface area contributed by atoms with Crippen LogP contribution >= 0.6 is 0 Å². The van der Waals surface area contributed by atoms with Crippen molar-refractivity contribution in [3.63, 3.8) is 0 Å². The smallest absolute Gasteiger partial charge is 0.157 e. The molecular weight excluding hydrogens is 390 g/mol. The Kier molecular flexibility index (Phi) is 7.23. The molecule has 31 heavy (non-hydrogen) atoms. The predicted octanol–water partition coefficient (Wildman–Crippen LogP) is 3.10. The molecular formula is C25H35N3O3. The van der Waals surface area contributed by atoms with Crippen molar-refractivity contribution in [2.24, 2.45) is 22.6 Å². The molecule has 0 heterocycles. The van der Waals surface area contributed by atoms with Gasteiger partial charge in [0.1, 0.15) is 12.4 Å². The number of aryl methyl sites for hydroxylation is 1. The van der Waals surface area contributed by atoms with Crippen molar-refractivity contribution in [1.82, 2.24) is 0 Å². The van der Waals surface area contributed by atoms with Gasteiger partial charge in [-0.2, -0.15) is 5.10 Å². The van der Waals surface area contributed by atoms with Gasteiger partial charge < -0.3 is 26.5 Å². The second kappa shape index (κ2) is 9.71. The maximum atomic E-state index is 10.7. The summed E-state index contributed by atoms with van der Waals surface area (Å²) in [6.07, 6.45) is 3.50. The summed E-state index contributed by atoms with van der Waals surface area (Å²) < 4.78 is 5.66. The van der Waals surface area contributed by atoms with Gasteiger partial charge in [0.05, 0.1) is 11.7 Å². The number of aliphatic hydroxyl groups is 2. The predicted molar refractivity (Wildman–Crippen MR) is 124 cm³/mol. The summed E-state index contributed by atoms with van der Waals surface area (Å²) in [5.41, 5.74) is 6.98. The van der Waals surface area contributed by atoms with Gasteiger partial charge in [0.25, 0.3) is 0 Å². The van der Waals surface area contributed by atoms with Gasteiger partial charge in [-0.3, -0.25) is 0 Å². The number of ether oxygens (including phenoxy) is 1. The van der Waals surface area contributed by atoms with E-state index in [-0.39, 0.29) is 17.9 Å². The first-order chi connectivity index (χ1) is 14.8. The number of fused-ring (bicyclic) bond motifs is 3. The molecule has 2 aliphatic carbocycles. The summed E-state index contributed by atoms with van der Waals surface area (Å²) in [7, 11) is 0. The van der Waals surface area contributed by atoms with E-state index in [2.05, 4.69) is 24.2 Å². The molecule has 0 radical (unpaired) electrons. The number of aliphatic hydroxyl groups excluding tert-OH is 1. The van der Waals surface area contributed by atoms with E-state index in [0.717, 1.165) is 25.0 Å². The minimum atomic E-state index is -1.05. The van der Waals surface area contributed by atoms with Crippen LogP contribution in [0.4, 0.5) is 0 Å². The molecule has 0 aliphatic heterocycles. The first-order valence-corrected chi connectivity index (χ1v) is 11.0. The second-order valence-corrected chi connectivity index (χ2v) is 8.91. The SMILES string of the molecule is CCC12C[C@@](C)(O)C(O)CC1CCc1cc(OC/C(N)=N/N)ccc12.c1ccccc1. The van der Waals surface area contributed by atoms with Crippen LogP contribution in [0.25, 0.3) is 0 Å². The highest BCUT2D eigenvalue weighted by atomic mass is 16.5. The lowest BCUT2D eigenvalue weighted by molar-refractivity contribution is -0.130. The minimum absolute atomic E-state index is 0.0907. The first-order valence-electron chi connectivity index (χ1n) is 11.0. The van der Waals surface area contributed by atoms with Gasteiger partial charge in [0.2, 0.25) is 0 Å². The van der Waals surface area contributed by atoms with Crippen LogP contribution in [0.2, 0.25) is 0 Å². The lowest BCUT2D eigenvalue weighted by atomic mass is 9.52.